The van der Waals surface area contributed by atoms with E-state index in [9.17, 15) is 18.0 Å². The summed E-state index contributed by atoms with van der Waals surface area (Å²) >= 11 is 0. The molecular weight excluding hydrogens is 349 g/mol. The van der Waals surface area contributed by atoms with Crippen molar-refractivity contribution in [3.8, 4) is 0 Å². The number of hydrogen-bond donors (Lipinski definition) is 2. The van der Waals surface area contributed by atoms with Crippen LogP contribution in [0.2, 0.25) is 0 Å². The van der Waals surface area contributed by atoms with Crippen molar-refractivity contribution in [2.24, 2.45) is 5.92 Å². The van der Waals surface area contributed by atoms with Crippen molar-refractivity contribution in [1.82, 2.24) is 25.1 Å². The van der Waals surface area contributed by atoms with Gasteiger partial charge in [-0.25, -0.2) is 4.98 Å². The average Bonchev–Trinajstić information content (AvgIpc) is 3.04. The molecular formula is C16H19F3N6O. The van der Waals surface area contributed by atoms with Gasteiger partial charge in [-0.1, -0.05) is 0 Å². The van der Waals surface area contributed by atoms with Gasteiger partial charge in [0.05, 0.1) is 0 Å². The number of anilines is 1. The second kappa shape index (κ2) is 7.30. The summed E-state index contributed by atoms with van der Waals surface area (Å²) in [5, 5.41) is 13.6. The largest absolute Gasteiger partial charge is 0.434 e. The fraction of sp³-hybridized carbons (Fsp3) is 0.500. The lowest BCUT2D eigenvalue weighted by atomic mass is 9.99. The Morgan fingerprint density at radius 3 is 2.81 bits per heavy atom. The summed E-state index contributed by atoms with van der Waals surface area (Å²) in [7, 11) is 0. The van der Waals surface area contributed by atoms with Gasteiger partial charge in [0.25, 0.3) is 5.91 Å². The van der Waals surface area contributed by atoms with Gasteiger partial charge in [0.1, 0.15) is 11.6 Å². The summed E-state index contributed by atoms with van der Waals surface area (Å²) in [6.07, 6.45) is -2.10. The Kier molecular flexibility index (Phi) is 5.10. The molecule has 1 aliphatic heterocycles. The first-order valence-corrected chi connectivity index (χ1v) is 8.36. The van der Waals surface area contributed by atoms with E-state index in [1.807, 2.05) is 6.92 Å². The van der Waals surface area contributed by atoms with Crippen molar-refractivity contribution in [2.45, 2.75) is 32.5 Å². The van der Waals surface area contributed by atoms with Crippen LogP contribution in [-0.2, 0) is 19.1 Å². The molecule has 0 aliphatic carbocycles. The van der Waals surface area contributed by atoms with Crippen LogP contribution in [0.5, 0.6) is 0 Å². The molecule has 3 heterocycles. The number of imidazole rings is 1. The number of halogens is 3. The Bertz CT molecular complexity index is 771. The molecule has 0 bridgehead atoms. The standard InChI is InChI=1S/C16H19F3N6O/c1-2-20-15(26)11-4-5-13(24-23-11)21-7-10-3-6-14-22-12(16(17,18)19)9-25(14)8-10/h4-5,9-10H,2-3,6-8H2,1H3,(H,20,26)(H,21,24)/t10-/m1/s1. The summed E-state index contributed by atoms with van der Waals surface area (Å²) < 4.78 is 39.8. The van der Waals surface area contributed by atoms with Crippen LogP contribution in [0.3, 0.4) is 0 Å². The van der Waals surface area contributed by atoms with Crippen LogP contribution in [-0.4, -0.2) is 38.7 Å². The minimum Gasteiger partial charge on any atom is -0.368 e. The lowest BCUT2D eigenvalue weighted by molar-refractivity contribution is -0.141. The van der Waals surface area contributed by atoms with Crippen molar-refractivity contribution >= 4 is 11.7 Å². The van der Waals surface area contributed by atoms with E-state index in [4.69, 9.17) is 0 Å². The van der Waals surface area contributed by atoms with E-state index < -0.39 is 11.9 Å². The number of amides is 1. The molecule has 2 aromatic rings. The maximum atomic E-state index is 12.7. The van der Waals surface area contributed by atoms with E-state index >= 15 is 0 Å². The third-order valence-corrected chi connectivity index (χ3v) is 4.19. The summed E-state index contributed by atoms with van der Waals surface area (Å²) in [4.78, 5) is 15.3. The lowest BCUT2D eigenvalue weighted by Crippen LogP contribution is -2.26. The first-order valence-electron chi connectivity index (χ1n) is 8.36. The number of fused-ring (bicyclic) bond motifs is 1. The third-order valence-electron chi connectivity index (χ3n) is 4.19. The van der Waals surface area contributed by atoms with Crippen molar-refractivity contribution in [3.63, 3.8) is 0 Å². The topological polar surface area (TPSA) is 84.7 Å². The number of alkyl halides is 3. The molecule has 0 unspecified atom stereocenters. The van der Waals surface area contributed by atoms with Crippen molar-refractivity contribution in [1.29, 1.82) is 0 Å². The summed E-state index contributed by atoms with van der Waals surface area (Å²) in [6.45, 7) is 3.34. The zero-order chi connectivity index (χ0) is 18.7. The Balaban J connectivity index is 1.56. The third kappa shape index (κ3) is 4.12. The number of nitrogens with one attached hydrogen (secondary N) is 2. The predicted octanol–water partition coefficient (Wildman–Crippen LogP) is 2.12. The monoisotopic (exact) mass is 368 g/mol. The highest BCUT2D eigenvalue weighted by molar-refractivity contribution is 5.92. The lowest BCUT2D eigenvalue weighted by Gasteiger charge is -2.24. The number of carbonyl (C=O) groups is 1. The highest BCUT2D eigenvalue weighted by Gasteiger charge is 2.35. The number of hydrogen-bond acceptors (Lipinski definition) is 5. The molecule has 140 valence electrons. The molecule has 0 fully saturated rings. The molecule has 1 amide bonds. The molecule has 1 aliphatic rings. The van der Waals surface area contributed by atoms with Gasteiger partial charge in [-0.3, -0.25) is 4.79 Å². The smallest absolute Gasteiger partial charge is 0.368 e. The minimum atomic E-state index is -4.42. The highest BCUT2D eigenvalue weighted by atomic mass is 19.4. The van der Waals surface area contributed by atoms with Gasteiger partial charge in [-0.2, -0.15) is 13.2 Å². The molecule has 0 saturated carbocycles. The fourth-order valence-corrected chi connectivity index (χ4v) is 2.87. The molecule has 0 radical (unpaired) electrons. The van der Waals surface area contributed by atoms with Crippen LogP contribution in [0.4, 0.5) is 19.0 Å². The van der Waals surface area contributed by atoms with Crippen LogP contribution in [0, 0.1) is 5.92 Å². The molecule has 0 saturated heterocycles. The van der Waals surface area contributed by atoms with Gasteiger partial charge in [0, 0.05) is 32.3 Å². The van der Waals surface area contributed by atoms with Gasteiger partial charge in [0.2, 0.25) is 0 Å². The average molecular weight is 368 g/mol. The van der Waals surface area contributed by atoms with Gasteiger partial charge in [-0.05, 0) is 31.4 Å². The highest BCUT2D eigenvalue weighted by Crippen LogP contribution is 2.30. The van der Waals surface area contributed by atoms with E-state index in [1.165, 1.54) is 0 Å². The molecule has 7 nitrogen and oxygen atoms in total. The molecule has 26 heavy (non-hydrogen) atoms. The number of carbonyl (C=O) groups excluding carboxylic acids is 1. The SMILES string of the molecule is CCNC(=O)c1ccc(NC[C@H]2CCc3nc(C(F)(F)F)cn3C2)nn1. The van der Waals surface area contributed by atoms with Crippen LogP contribution in [0.25, 0.3) is 0 Å². The number of rotatable bonds is 5. The number of aromatic nitrogens is 4. The Hall–Kier alpha value is -2.65. The van der Waals surface area contributed by atoms with Crippen molar-refractivity contribution < 1.29 is 18.0 Å². The van der Waals surface area contributed by atoms with Gasteiger partial charge in [-0.15, -0.1) is 10.2 Å². The zero-order valence-electron chi connectivity index (χ0n) is 14.2. The number of nitrogens with zero attached hydrogens (tertiary/aromatic N) is 4. The minimum absolute atomic E-state index is 0.155. The van der Waals surface area contributed by atoms with E-state index in [2.05, 4.69) is 25.8 Å². The van der Waals surface area contributed by atoms with Gasteiger partial charge in [0.15, 0.2) is 11.4 Å². The second-order valence-electron chi connectivity index (χ2n) is 6.14. The van der Waals surface area contributed by atoms with Crippen LogP contribution in [0.1, 0.15) is 35.4 Å². The van der Waals surface area contributed by atoms with Gasteiger partial charge < -0.3 is 15.2 Å². The van der Waals surface area contributed by atoms with E-state index in [1.54, 1.807) is 16.7 Å². The number of aryl methyl sites for hydroxylation is 1. The second-order valence-corrected chi connectivity index (χ2v) is 6.14. The van der Waals surface area contributed by atoms with Crippen LogP contribution >= 0.6 is 0 Å². The molecule has 2 aromatic heterocycles. The quantitative estimate of drug-likeness (QED) is 0.845. The van der Waals surface area contributed by atoms with E-state index in [-0.39, 0.29) is 17.5 Å². The normalized spacial score (nSPS) is 16.8. The zero-order valence-corrected chi connectivity index (χ0v) is 14.2. The summed E-state index contributed by atoms with van der Waals surface area (Å²) in [6, 6.07) is 3.23. The summed E-state index contributed by atoms with van der Waals surface area (Å²) in [5.74, 6) is 0.861. The van der Waals surface area contributed by atoms with Crippen molar-refractivity contribution in [3.05, 3.63) is 35.5 Å². The van der Waals surface area contributed by atoms with Crippen molar-refractivity contribution in [2.75, 3.05) is 18.4 Å². The Labute approximate surface area is 148 Å². The Morgan fingerprint density at radius 2 is 2.15 bits per heavy atom. The molecule has 3 rings (SSSR count). The maximum Gasteiger partial charge on any atom is 0.434 e. The van der Waals surface area contributed by atoms with E-state index in [0.717, 1.165) is 12.6 Å². The summed E-state index contributed by atoms with van der Waals surface area (Å²) in [5.41, 5.74) is -0.606. The predicted molar refractivity (Wildman–Crippen MR) is 87.6 cm³/mol. The van der Waals surface area contributed by atoms with E-state index in [0.29, 0.717) is 37.7 Å². The van der Waals surface area contributed by atoms with Crippen LogP contribution < -0.4 is 10.6 Å². The molecule has 1 atom stereocenters. The van der Waals surface area contributed by atoms with Gasteiger partial charge >= 0.3 is 6.18 Å². The first-order chi connectivity index (χ1) is 12.4. The molecule has 2 N–H and O–H groups in total. The molecule has 0 aromatic carbocycles. The van der Waals surface area contributed by atoms with Crippen LogP contribution in [0.15, 0.2) is 18.3 Å². The maximum absolute atomic E-state index is 12.7. The fourth-order valence-electron chi connectivity index (χ4n) is 2.87. The Morgan fingerprint density at radius 1 is 1.35 bits per heavy atom. The molecule has 10 heteroatoms. The molecule has 0 spiro atoms. The first kappa shape index (κ1) is 18.2.